The van der Waals surface area contributed by atoms with Crippen molar-refractivity contribution in [1.82, 2.24) is 14.9 Å². The van der Waals surface area contributed by atoms with Gasteiger partial charge in [0.15, 0.2) is 10.6 Å². The minimum absolute atomic E-state index is 0.203. The van der Waals surface area contributed by atoms with Crippen LogP contribution in [0.4, 0.5) is 5.13 Å². The summed E-state index contributed by atoms with van der Waals surface area (Å²) in [7, 11) is 0. The second-order valence-electron chi connectivity index (χ2n) is 4.52. The average Bonchev–Trinajstić information content (AvgIpc) is 3.01. The number of anilines is 1. The van der Waals surface area contributed by atoms with Crippen molar-refractivity contribution < 1.29 is 4.79 Å². The van der Waals surface area contributed by atoms with Crippen molar-refractivity contribution in [2.75, 3.05) is 31.1 Å². The van der Waals surface area contributed by atoms with Crippen LogP contribution in [0, 0.1) is 0 Å². The van der Waals surface area contributed by atoms with E-state index in [1.54, 1.807) is 22.4 Å². The Balaban J connectivity index is 1.68. The Morgan fingerprint density at radius 1 is 1.30 bits per heavy atom. The molecule has 3 rings (SSSR count). The number of aromatic nitrogens is 2. The lowest BCUT2D eigenvalue weighted by molar-refractivity contribution is 0.0745. The molecule has 0 radical (unpaired) electrons. The highest BCUT2D eigenvalue weighted by Gasteiger charge is 2.24. The molecule has 0 atom stereocenters. The van der Waals surface area contributed by atoms with E-state index in [9.17, 15) is 9.59 Å². The number of H-pyrrole nitrogens is 1. The molecule has 0 unspecified atom stereocenters. The van der Waals surface area contributed by atoms with Crippen LogP contribution in [0.1, 0.15) is 10.4 Å². The molecule has 2 aromatic heterocycles. The van der Waals surface area contributed by atoms with E-state index < -0.39 is 0 Å². The third-order valence-electron chi connectivity index (χ3n) is 3.31. The van der Waals surface area contributed by atoms with Gasteiger partial charge in [-0.3, -0.25) is 9.59 Å². The molecule has 0 aromatic carbocycles. The molecular formula is C13H14N4O2S. The van der Waals surface area contributed by atoms with Crippen LogP contribution >= 0.6 is 11.3 Å². The molecule has 0 aliphatic carbocycles. The quantitative estimate of drug-likeness (QED) is 0.888. The number of rotatable bonds is 2. The summed E-state index contributed by atoms with van der Waals surface area (Å²) in [5.74, 6) is -0.203. The normalized spacial score (nSPS) is 15.4. The molecule has 1 aliphatic heterocycles. The summed E-state index contributed by atoms with van der Waals surface area (Å²) in [6.45, 7) is 2.69. The zero-order valence-electron chi connectivity index (χ0n) is 10.8. The van der Waals surface area contributed by atoms with E-state index in [2.05, 4.69) is 14.9 Å². The van der Waals surface area contributed by atoms with Gasteiger partial charge < -0.3 is 14.8 Å². The Morgan fingerprint density at radius 3 is 2.75 bits per heavy atom. The smallest absolute Gasteiger partial charge is 0.259 e. The number of nitrogens with one attached hydrogen (secondary N) is 1. The van der Waals surface area contributed by atoms with Crippen LogP contribution in [0.2, 0.25) is 0 Å². The summed E-state index contributed by atoms with van der Waals surface area (Å²) in [6, 6.07) is 1.37. The highest BCUT2D eigenvalue weighted by atomic mass is 32.1. The second-order valence-corrected chi connectivity index (χ2v) is 5.39. The molecule has 0 spiro atoms. The summed E-state index contributed by atoms with van der Waals surface area (Å²) in [5.41, 5.74) is -0.0358. The first kappa shape index (κ1) is 12.9. The number of carbonyl (C=O) groups is 1. The van der Waals surface area contributed by atoms with Crippen molar-refractivity contribution >= 4 is 22.4 Å². The molecule has 6 nitrogen and oxygen atoms in total. The van der Waals surface area contributed by atoms with E-state index in [1.165, 1.54) is 18.5 Å². The van der Waals surface area contributed by atoms with Crippen molar-refractivity contribution in [3.63, 3.8) is 0 Å². The molecule has 1 N–H and O–H groups in total. The number of carbonyl (C=O) groups excluding carboxylic acids is 1. The standard InChI is InChI=1S/C13H14N4O2S/c18-11-1-2-14-9-10(11)12(19)16-4-6-17(7-5-16)13-15-3-8-20-13/h1-3,8-9H,4-7H2,(H,14,18). The van der Waals surface area contributed by atoms with Gasteiger partial charge in [-0.2, -0.15) is 0 Å². The first-order valence-electron chi connectivity index (χ1n) is 6.36. The number of hydrogen-bond donors (Lipinski definition) is 1. The maximum absolute atomic E-state index is 12.3. The van der Waals surface area contributed by atoms with Gasteiger partial charge in [-0.15, -0.1) is 11.3 Å². The van der Waals surface area contributed by atoms with Crippen LogP contribution in [0.3, 0.4) is 0 Å². The third kappa shape index (κ3) is 2.44. The fourth-order valence-electron chi connectivity index (χ4n) is 2.23. The monoisotopic (exact) mass is 290 g/mol. The summed E-state index contributed by atoms with van der Waals surface area (Å²) in [5, 5.41) is 2.92. The lowest BCUT2D eigenvalue weighted by Crippen LogP contribution is -2.49. The van der Waals surface area contributed by atoms with Crippen LogP contribution in [-0.4, -0.2) is 47.0 Å². The van der Waals surface area contributed by atoms with Gasteiger partial charge in [0, 0.05) is 56.2 Å². The van der Waals surface area contributed by atoms with E-state index in [4.69, 9.17) is 0 Å². The number of piperazine rings is 1. The highest BCUT2D eigenvalue weighted by molar-refractivity contribution is 7.13. The van der Waals surface area contributed by atoms with E-state index in [0.29, 0.717) is 13.1 Å². The molecule has 3 heterocycles. The maximum atomic E-state index is 12.3. The van der Waals surface area contributed by atoms with E-state index in [1.807, 2.05) is 5.38 Å². The predicted molar refractivity (Wildman–Crippen MR) is 77.3 cm³/mol. The van der Waals surface area contributed by atoms with E-state index in [0.717, 1.165) is 18.2 Å². The van der Waals surface area contributed by atoms with Gasteiger partial charge in [-0.25, -0.2) is 4.98 Å². The fourth-order valence-corrected chi connectivity index (χ4v) is 2.92. The van der Waals surface area contributed by atoms with Gasteiger partial charge in [0.05, 0.1) is 0 Å². The van der Waals surface area contributed by atoms with Gasteiger partial charge in [0.2, 0.25) is 0 Å². The molecule has 1 amide bonds. The Labute approximate surface area is 119 Å². The molecule has 1 fully saturated rings. The molecule has 0 saturated carbocycles. The van der Waals surface area contributed by atoms with Gasteiger partial charge in [-0.05, 0) is 0 Å². The zero-order valence-corrected chi connectivity index (χ0v) is 11.6. The highest BCUT2D eigenvalue weighted by Crippen LogP contribution is 2.19. The number of hydrogen-bond acceptors (Lipinski definition) is 5. The van der Waals surface area contributed by atoms with Crippen molar-refractivity contribution in [1.29, 1.82) is 0 Å². The lowest BCUT2D eigenvalue weighted by Gasteiger charge is -2.34. The largest absolute Gasteiger partial charge is 0.367 e. The first-order chi connectivity index (χ1) is 9.75. The Morgan fingerprint density at radius 2 is 2.10 bits per heavy atom. The van der Waals surface area contributed by atoms with Crippen molar-refractivity contribution in [3.8, 4) is 0 Å². The number of nitrogens with zero attached hydrogens (tertiary/aromatic N) is 3. The Hall–Kier alpha value is -2.15. The van der Waals surface area contributed by atoms with Gasteiger partial charge in [0.1, 0.15) is 5.56 Å². The van der Waals surface area contributed by atoms with Crippen LogP contribution in [0.25, 0.3) is 0 Å². The lowest BCUT2D eigenvalue weighted by atomic mass is 10.2. The summed E-state index contributed by atoms with van der Waals surface area (Å²) in [4.78, 5) is 34.9. The van der Waals surface area contributed by atoms with Gasteiger partial charge >= 0.3 is 0 Å². The first-order valence-corrected chi connectivity index (χ1v) is 7.24. The number of aromatic amines is 1. The topological polar surface area (TPSA) is 69.3 Å². The zero-order chi connectivity index (χ0) is 13.9. The summed E-state index contributed by atoms with van der Waals surface area (Å²) < 4.78 is 0. The predicted octanol–water partition coefficient (Wildman–Crippen LogP) is 0.794. The number of amides is 1. The molecule has 2 aromatic rings. The van der Waals surface area contributed by atoms with Crippen LogP contribution in [0.5, 0.6) is 0 Å². The minimum atomic E-state index is -0.240. The van der Waals surface area contributed by atoms with Crippen LogP contribution in [0.15, 0.2) is 34.8 Å². The SMILES string of the molecule is O=C(c1c[nH]ccc1=O)N1CCN(c2nccs2)CC1. The number of pyridine rings is 1. The average molecular weight is 290 g/mol. The second kappa shape index (κ2) is 5.46. The molecule has 20 heavy (non-hydrogen) atoms. The Kier molecular flexibility index (Phi) is 3.51. The van der Waals surface area contributed by atoms with Crippen LogP contribution in [-0.2, 0) is 0 Å². The maximum Gasteiger partial charge on any atom is 0.259 e. The summed E-state index contributed by atoms with van der Waals surface area (Å²) in [6.07, 6.45) is 4.78. The molecule has 0 bridgehead atoms. The van der Waals surface area contributed by atoms with E-state index >= 15 is 0 Å². The van der Waals surface area contributed by atoms with E-state index in [-0.39, 0.29) is 16.9 Å². The van der Waals surface area contributed by atoms with Crippen LogP contribution < -0.4 is 10.3 Å². The fraction of sp³-hybridized carbons (Fsp3) is 0.308. The van der Waals surface area contributed by atoms with Gasteiger partial charge in [0.25, 0.3) is 5.91 Å². The molecule has 104 valence electrons. The molecule has 7 heteroatoms. The molecular weight excluding hydrogens is 276 g/mol. The number of thiazole rings is 1. The Bertz CT molecular complexity index is 644. The molecule has 1 aliphatic rings. The molecule has 1 saturated heterocycles. The van der Waals surface area contributed by atoms with Crippen molar-refractivity contribution in [2.45, 2.75) is 0 Å². The minimum Gasteiger partial charge on any atom is -0.367 e. The van der Waals surface area contributed by atoms with Crippen molar-refractivity contribution in [3.05, 3.63) is 45.8 Å². The third-order valence-corrected chi connectivity index (χ3v) is 4.14. The van der Waals surface area contributed by atoms with Gasteiger partial charge in [-0.1, -0.05) is 0 Å². The summed E-state index contributed by atoms with van der Waals surface area (Å²) >= 11 is 1.59. The van der Waals surface area contributed by atoms with Crippen molar-refractivity contribution in [2.24, 2.45) is 0 Å².